The van der Waals surface area contributed by atoms with Crippen molar-refractivity contribution in [3.05, 3.63) is 0 Å². The van der Waals surface area contributed by atoms with E-state index in [0.717, 1.165) is 4.90 Å². The molecule has 0 radical (unpaired) electrons. The third-order valence-electron chi connectivity index (χ3n) is 4.57. The van der Waals surface area contributed by atoms with Gasteiger partial charge in [-0.25, -0.2) is 0 Å². The molecule has 30 heavy (non-hydrogen) atoms. The van der Waals surface area contributed by atoms with Gasteiger partial charge in [0.25, 0.3) is 0 Å². The Hall–Kier alpha value is -2.77. The molecule has 1 saturated heterocycles. The van der Waals surface area contributed by atoms with Gasteiger partial charge in [-0.05, 0) is 26.7 Å². The van der Waals surface area contributed by atoms with Crippen LogP contribution in [-0.4, -0.2) is 99.8 Å². The number of aliphatic hydroxyl groups excluding tert-OH is 2. The molecule has 0 unspecified atom stereocenters. The van der Waals surface area contributed by atoms with Crippen LogP contribution in [0.15, 0.2) is 0 Å². The Morgan fingerprint density at radius 1 is 1.07 bits per heavy atom. The van der Waals surface area contributed by atoms with E-state index in [0.29, 0.717) is 12.8 Å². The normalized spacial score (nSPS) is 19.9. The van der Waals surface area contributed by atoms with Gasteiger partial charge >= 0.3 is 5.97 Å². The van der Waals surface area contributed by atoms with Crippen LogP contribution in [0, 0.1) is 0 Å². The second kappa shape index (κ2) is 11.4. The molecule has 0 aliphatic carbocycles. The first-order chi connectivity index (χ1) is 14.0. The average Bonchev–Trinajstić information content (AvgIpc) is 3.16. The summed E-state index contributed by atoms with van der Waals surface area (Å²) in [6, 6.07) is -3.82. The van der Waals surface area contributed by atoms with Gasteiger partial charge in [-0.15, -0.1) is 0 Å². The van der Waals surface area contributed by atoms with Crippen molar-refractivity contribution in [3.8, 4) is 0 Å². The summed E-state index contributed by atoms with van der Waals surface area (Å²) < 4.78 is 0. The summed E-state index contributed by atoms with van der Waals surface area (Å²) >= 11 is 0. The molecule has 8 N–H and O–H groups in total. The molecule has 13 heteroatoms. The van der Waals surface area contributed by atoms with Crippen LogP contribution in [0.4, 0.5) is 0 Å². The Kier molecular flexibility index (Phi) is 9.62. The third-order valence-corrected chi connectivity index (χ3v) is 4.57. The molecule has 0 aromatic heterocycles. The van der Waals surface area contributed by atoms with Crippen molar-refractivity contribution in [3.63, 3.8) is 0 Å². The van der Waals surface area contributed by atoms with Crippen LogP contribution in [0.25, 0.3) is 0 Å². The fraction of sp³-hybridized carbons (Fsp3) is 0.706. The molecule has 0 bridgehead atoms. The van der Waals surface area contributed by atoms with E-state index in [1.807, 2.05) is 0 Å². The number of nitrogens with one attached hydrogen (secondary N) is 3. The van der Waals surface area contributed by atoms with Crippen molar-refractivity contribution in [1.29, 1.82) is 0 Å². The third kappa shape index (κ3) is 6.93. The quantitative estimate of drug-likeness (QED) is 0.179. The number of nitrogens with zero attached hydrogens (tertiary/aromatic N) is 1. The largest absolute Gasteiger partial charge is 0.480 e. The predicted octanol–water partition coefficient (Wildman–Crippen LogP) is -4.13. The molecule has 0 aromatic rings. The number of carbonyl (C=O) groups is 5. The number of amides is 4. The summed E-state index contributed by atoms with van der Waals surface area (Å²) in [5, 5.41) is 35.2. The molecule has 1 aliphatic rings. The average molecular weight is 431 g/mol. The molecule has 0 saturated carbocycles. The molecular formula is C17H29N5O8. The number of aliphatic hydroxyl groups is 2. The second-order valence-corrected chi connectivity index (χ2v) is 7.02. The van der Waals surface area contributed by atoms with Gasteiger partial charge in [0, 0.05) is 6.54 Å². The topological polar surface area (TPSA) is 211 Å². The molecule has 0 spiro atoms. The maximum Gasteiger partial charge on any atom is 0.322 e. The molecule has 1 heterocycles. The van der Waals surface area contributed by atoms with E-state index in [4.69, 9.17) is 10.8 Å². The number of carboxylic acid groups (broad SMARTS) is 1. The standard InChI is InChI=1S/C17H29N5O8/c1-8(23)13(20-11(25)6-18)16(29)21-14(9(2)24)17(30)22-5-3-4-10(22)15(28)19-7-12(26)27/h8-10,13-14,23-24H,3-7,18H2,1-2H3,(H,19,28)(H,20,25)(H,21,29)(H,26,27)/t8-,9-,10+,13+,14+/m1/s1. The van der Waals surface area contributed by atoms with Crippen LogP contribution in [0.3, 0.4) is 0 Å². The summed E-state index contributed by atoms with van der Waals surface area (Å²) in [6.07, 6.45) is -1.91. The number of aliphatic carboxylic acids is 1. The molecule has 1 fully saturated rings. The molecule has 1 rings (SSSR count). The number of hydrogen-bond acceptors (Lipinski definition) is 8. The summed E-state index contributed by atoms with van der Waals surface area (Å²) in [7, 11) is 0. The van der Waals surface area contributed by atoms with Crippen LogP contribution in [0.1, 0.15) is 26.7 Å². The van der Waals surface area contributed by atoms with Crippen LogP contribution >= 0.6 is 0 Å². The predicted molar refractivity (Wildman–Crippen MR) is 102 cm³/mol. The fourth-order valence-corrected chi connectivity index (χ4v) is 3.03. The van der Waals surface area contributed by atoms with Crippen molar-refractivity contribution in [2.45, 2.75) is 57.0 Å². The van der Waals surface area contributed by atoms with E-state index in [1.54, 1.807) is 0 Å². The SMILES string of the molecule is C[C@@H](O)[C@H](NC(=O)CN)C(=O)N[C@H](C(=O)N1CCC[C@H]1C(=O)NCC(=O)O)[C@@H](C)O. The second-order valence-electron chi connectivity index (χ2n) is 7.02. The smallest absolute Gasteiger partial charge is 0.322 e. The Balaban J connectivity index is 2.93. The summed E-state index contributed by atoms with van der Waals surface area (Å²) in [4.78, 5) is 60.9. The summed E-state index contributed by atoms with van der Waals surface area (Å²) in [5.41, 5.74) is 5.19. The fourth-order valence-electron chi connectivity index (χ4n) is 3.03. The Bertz CT molecular complexity index is 669. The van der Waals surface area contributed by atoms with Crippen molar-refractivity contribution in [2.75, 3.05) is 19.6 Å². The number of hydrogen-bond donors (Lipinski definition) is 7. The van der Waals surface area contributed by atoms with Gasteiger partial charge in [0.05, 0.1) is 18.8 Å². The number of carbonyl (C=O) groups excluding carboxylic acids is 4. The highest BCUT2D eigenvalue weighted by atomic mass is 16.4. The Morgan fingerprint density at radius 3 is 2.17 bits per heavy atom. The first kappa shape index (κ1) is 25.3. The van der Waals surface area contributed by atoms with Crippen LogP contribution in [0.2, 0.25) is 0 Å². The van der Waals surface area contributed by atoms with Crippen LogP contribution in [0.5, 0.6) is 0 Å². The molecule has 5 atom stereocenters. The van der Waals surface area contributed by atoms with Gasteiger partial charge in [-0.3, -0.25) is 24.0 Å². The highest BCUT2D eigenvalue weighted by molar-refractivity contribution is 5.95. The lowest BCUT2D eigenvalue weighted by Gasteiger charge is -2.31. The van der Waals surface area contributed by atoms with E-state index in [1.165, 1.54) is 13.8 Å². The highest BCUT2D eigenvalue weighted by Crippen LogP contribution is 2.19. The zero-order valence-corrected chi connectivity index (χ0v) is 16.8. The zero-order valence-electron chi connectivity index (χ0n) is 16.8. The number of rotatable bonds is 10. The molecule has 4 amide bonds. The molecule has 170 valence electrons. The lowest BCUT2D eigenvalue weighted by Crippen LogP contribution is -2.61. The van der Waals surface area contributed by atoms with Gasteiger partial charge in [0.15, 0.2) is 0 Å². The highest BCUT2D eigenvalue weighted by Gasteiger charge is 2.40. The molecule has 1 aliphatic heterocycles. The molecule has 0 aromatic carbocycles. The molecular weight excluding hydrogens is 402 g/mol. The summed E-state index contributed by atoms with van der Waals surface area (Å²) in [6.45, 7) is 1.66. The van der Waals surface area contributed by atoms with Gasteiger partial charge in [-0.2, -0.15) is 0 Å². The van der Waals surface area contributed by atoms with Crippen molar-refractivity contribution < 1.29 is 39.3 Å². The lowest BCUT2D eigenvalue weighted by molar-refractivity contribution is -0.145. The van der Waals surface area contributed by atoms with Crippen molar-refractivity contribution >= 4 is 29.6 Å². The number of likely N-dealkylation sites (tertiary alicyclic amines) is 1. The zero-order chi connectivity index (χ0) is 23.0. The van der Waals surface area contributed by atoms with Crippen molar-refractivity contribution in [2.24, 2.45) is 5.73 Å². The summed E-state index contributed by atoms with van der Waals surface area (Å²) in [5.74, 6) is -4.27. The van der Waals surface area contributed by atoms with Gasteiger partial charge in [0.2, 0.25) is 23.6 Å². The van der Waals surface area contributed by atoms with E-state index >= 15 is 0 Å². The van der Waals surface area contributed by atoms with Gasteiger partial charge in [-0.1, -0.05) is 0 Å². The van der Waals surface area contributed by atoms with E-state index in [9.17, 15) is 34.2 Å². The van der Waals surface area contributed by atoms with Crippen LogP contribution < -0.4 is 21.7 Å². The minimum Gasteiger partial charge on any atom is -0.480 e. The first-order valence-electron chi connectivity index (χ1n) is 9.45. The maximum atomic E-state index is 12.9. The Morgan fingerprint density at radius 2 is 1.67 bits per heavy atom. The monoisotopic (exact) mass is 431 g/mol. The van der Waals surface area contributed by atoms with E-state index < -0.39 is 73.0 Å². The van der Waals surface area contributed by atoms with E-state index in [2.05, 4.69) is 16.0 Å². The number of carboxylic acids is 1. The first-order valence-corrected chi connectivity index (χ1v) is 9.45. The maximum absolute atomic E-state index is 12.9. The minimum absolute atomic E-state index is 0.173. The number of nitrogens with two attached hydrogens (primary N) is 1. The lowest BCUT2D eigenvalue weighted by atomic mass is 10.1. The van der Waals surface area contributed by atoms with E-state index in [-0.39, 0.29) is 6.54 Å². The van der Waals surface area contributed by atoms with Gasteiger partial charge in [0.1, 0.15) is 24.7 Å². The van der Waals surface area contributed by atoms with Crippen LogP contribution in [-0.2, 0) is 24.0 Å². The molecule has 13 nitrogen and oxygen atoms in total. The minimum atomic E-state index is -1.46. The Labute approximate surface area is 173 Å². The van der Waals surface area contributed by atoms with Crippen molar-refractivity contribution in [1.82, 2.24) is 20.9 Å². The van der Waals surface area contributed by atoms with Gasteiger partial charge < -0.3 is 41.9 Å².